The molecule has 0 radical (unpaired) electrons. The van der Waals surface area contributed by atoms with E-state index in [4.69, 9.17) is 4.74 Å². The van der Waals surface area contributed by atoms with Crippen molar-refractivity contribution in [2.24, 2.45) is 44.3 Å². The Balaban J connectivity index is 1.08. The predicted octanol–water partition coefficient (Wildman–Crippen LogP) is 8.76. The highest BCUT2D eigenvalue weighted by Gasteiger charge is 2.78. The SMILES string of the molecule is CC12CCC(C(=O)N(Cc3cccc4ccccc34)CC3(O)CCC4C56C=CC7(C=C5C(=O)c5ccccc5)CC(O)CCC7(C)C6CCC43C)(OC1=O)C2(C)C. The first-order chi connectivity index (χ1) is 27.0. The number of rotatable bonds is 7. The van der Waals surface area contributed by atoms with E-state index in [-0.39, 0.29) is 48.0 Å². The number of amides is 1. The summed E-state index contributed by atoms with van der Waals surface area (Å²) in [7, 11) is 0. The van der Waals surface area contributed by atoms with Crippen molar-refractivity contribution in [3.05, 3.63) is 108 Å². The average molecular weight is 768 g/mol. The standard InChI is InChI=1S/C50H57NO6/c1-43(2)46(5)24-27-50(43,57-42(46)55)41(54)51(30-34-16-11-15-32-12-9-10-17-36(32)34)31-48(56)23-20-39-45(48,4)22-19-38-44(3)21-18-35(52)28-47(44)25-26-49(38,39)37(29-47)40(53)33-13-7-6-8-14-33/h6-17,25-26,29,35,38-39,52,56H,18-24,27-28,30-31H2,1-5H3. The first-order valence-corrected chi connectivity index (χ1v) is 21.4. The molecule has 11 rings (SSSR count). The van der Waals surface area contributed by atoms with E-state index >= 15 is 4.79 Å². The molecule has 3 aromatic carbocycles. The van der Waals surface area contributed by atoms with E-state index in [1.807, 2.05) is 74.2 Å². The second kappa shape index (κ2) is 11.8. The number of esters is 1. The summed E-state index contributed by atoms with van der Waals surface area (Å²) >= 11 is 0. The van der Waals surface area contributed by atoms with Crippen molar-refractivity contribution < 1.29 is 29.3 Å². The van der Waals surface area contributed by atoms with Crippen LogP contribution < -0.4 is 0 Å². The quantitative estimate of drug-likeness (QED) is 0.142. The summed E-state index contributed by atoms with van der Waals surface area (Å²) in [6, 6.07) is 23.9. The Hall–Kier alpha value is -4.07. The fraction of sp³-hybridized carbons (Fsp3) is 0.540. The molecule has 10 atom stereocenters. The minimum Gasteiger partial charge on any atom is -0.448 e. The third-order valence-electron chi connectivity index (χ3n) is 18.4. The van der Waals surface area contributed by atoms with Crippen molar-refractivity contribution in [2.75, 3.05) is 6.54 Å². The van der Waals surface area contributed by atoms with Crippen LogP contribution in [0.3, 0.4) is 0 Å². The molecule has 57 heavy (non-hydrogen) atoms. The number of aliphatic hydroxyl groups is 2. The Kier molecular flexibility index (Phi) is 7.69. The summed E-state index contributed by atoms with van der Waals surface area (Å²) in [6.45, 7) is 10.9. The fourth-order valence-electron chi connectivity index (χ4n) is 14.5. The molecule has 2 N–H and O–H groups in total. The van der Waals surface area contributed by atoms with Crippen LogP contribution >= 0.6 is 0 Å². The van der Waals surface area contributed by atoms with E-state index in [2.05, 4.69) is 56.3 Å². The lowest BCUT2D eigenvalue weighted by atomic mass is 9.32. The molecule has 8 aliphatic rings. The molecule has 4 saturated carbocycles. The smallest absolute Gasteiger partial charge is 0.313 e. The molecule has 7 nitrogen and oxygen atoms in total. The molecular weight excluding hydrogens is 711 g/mol. The Labute approximate surface area is 336 Å². The summed E-state index contributed by atoms with van der Waals surface area (Å²) in [5.74, 6) is -0.403. The number of hydrogen-bond acceptors (Lipinski definition) is 6. The normalized spacial score (nSPS) is 41.9. The number of ether oxygens (including phenoxy) is 1. The van der Waals surface area contributed by atoms with Gasteiger partial charge in [0.2, 0.25) is 0 Å². The van der Waals surface area contributed by atoms with Gasteiger partial charge in [-0.05, 0) is 98.3 Å². The molecule has 10 unspecified atom stereocenters. The maximum Gasteiger partial charge on any atom is 0.313 e. The number of carbonyl (C=O) groups excluding carboxylic acids is 3. The largest absolute Gasteiger partial charge is 0.448 e. The topological polar surface area (TPSA) is 104 Å². The van der Waals surface area contributed by atoms with Gasteiger partial charge in [0.1, 0.15) is 0 Å². The van der Waals surface area contributed by atoms with Gasteiger partial charge >= 0.3 is 5.97 Å². The zero-order valence-corrected chi connectivity index (χ0v) is 34.1. The highest BCUT2D eigenvalue weighted by atomic mass is 16.6. The average Bonchev–Trinajstić information content (AvgIpc) is 3.65. The van der Waals surface area contributed by atoms with Crippen LogP contribution in [0.25, 0.3) is 10.8 Å². The van der Waals surface area contributed by atoms with Gasteiger partial charge in [-0.3, -0.25) is 14.4 Å². The van der Waals surface area contributed by atoms with Crippen molar-refractivity contribution in [3.63, 3.8) is 0 Å². The number of nitrogens with zero attached hydrogens (tertiary/aromatic N) is 1. The van der Waals surface area contributed by atoms with E-state index in [1.54, 1.807) is 0 Å². The summed E-state index contributed by atoms with van der Waals surface area (Å²) in [4.78, 5) is 45.8. The van der Waals surface area contributed by atoms with Crippen molar-refractivity contribution in [1.82, 2.24) is 4.90 Å². The molecule has 2 spiro atoms. The third kappa shape index (κ3) is 4.43. The molecule has 1 amide bonds. The lowest BCUT2D eigenvalue weighted by molar-refractivity contribution is -0.187. The van der Waals surface area contributed by atoms with Crippen LogP contribution in [-0.2, 0) is 20.9 Å². The molecule has 0 aromatic heterocycles. The number of ketones is 1. The minimum absolute atomic E-state index is 0.0348. The maximum absolute atomic E-state index is 15.5. The van der Waals surface area contributed by atoms with Crippen LogP contribution in [0.15, 0.2) is 96.6 Å². The van der Waals surface area contributed by atoms with E-state index < -0.39 is 44.4 Å². The van der Waals surface area contributed by atoms with E-state index in [0.29, 0.717) is 37.7 Å². The van der Waals surface area contributed by atoms with Gasteiger partial charge in [0.15, 0.2) is 11.4 Å². The first kappa shape index (κ1) is 37.2. The van der Waals surface area contributed by atoms with E-state index in [9.17, 15) is 19.8 Å². The summed E-state index contributed by atoms with van der Waals surface area (Å²) in [5, 5.41) is 26.8. The molecule has 7 heteroatoms. The Bertz CT molecular complexity index is 2290. The maximum atomic E-state index is 15.5. The van der Waals surface area contributed by atoms with Crippen molar-refractivity contribution in [3.8, 4) is 0 Å². The highest BCUT2D eigenvalue weighted by Crippen LogP contribution is 2.78. The zero-order valence-electron chi connectivity index (χ0n) is 34.1. The number of carbonyl (C=O) groups is 3. The number of fused-ring (bicyclic) bond motifs is 4. The lowest BCUT2D eigenvalue weighted by Gasteiger charge is -2.71. The van der Waals surface area contributed by atoms with Crippen molar-refractivity contribution >= 4 is 28.4 Å². The molecule has 5 fully saturated rings. The molecule has 3 aromatic rings. The molecule has 1 saturated heterocycles. The van der Waals surface area contributed by atoms with Gasteiger partial charge in [-0.15, -0.1) is 0 Å². The van der Waals surface area contributed by atoms with Crippen LogP contribution in [0.2, 0.25) is 0 Å². The van der Waals surface area contributed by atoms with E-state index in [1.165, 1.54) is 0 Å². The Morgan fingerprint density at radius 1 is 0.789 bits per heavy atom. The number of benzene rings is 3. The van der Waals surface area contributed by atoms with Gasteiger partial charge in [0.05, 0.1) is 23.7 Å². The van der Waals surface area contributed by atoms with Crippen LogP contribution in [0.1, 0.15) is 108 Å². The van der Waals surface area contributed by atoms with Gasteiger partial charge < -0.3 is 19.8 Å². The summed E-state index contributed by atoms with van der Waals surface area (Å²) in [5.41, 5.74) is -3.47. The molecule has 1 heterocycles. The van der Waals surface area contributed by atoms with Crippen LogP contribution in [-0.4, -0.2) is 56.6 Å². The van der Waals surface area contributed by atoms with Gasteiger partial charge in [-0.25, -0.2) is 0 Å². The second-order valence-corrected chi connectivity index (χ2v) is 20.5. The number of allylic oxidation sites excluding steroid dienone is 4. The zero-order chi connectivity index (χ0) is 40.0. The minimum atomic E-state index is -1.33. The molecule has 4 bridgehead atoms. The Morgan fingerprint density at radius 3 is 2.21 bits per heavy atom. The van der Waals surface area contributed by atoms with Gasteiger partial charge in [0.25, 0.3) is 5.91 Å². The molecule has 298 valence electrons. The second-order valence-electron chi connectivity index (χ2n) is 20.5. The first-order valence-electron chi connectivity index (χ1n) is 21.4. The summed E-state index contributed by atoms with van der Waals surface area (Å²) in [6.07, 6.45) is 12.6. The summed E-state index contributed by atoms with van der Waals surface area (Å²) < 4.78 is 6.24. The van der Waals surface area contributed by atoms with Gasteiger partial charge in [0, 0.05) is 39.3 Å². The molecular formula is C50H57NO6. The number of aliphatic hydroxyl groups excluding tert-OH is 1. The van der Waals surface area contributed by atoms with Crippen molar-refractivity contribution in [1.29, 1.82) is 0 Å². The van der Waals surface area contributed by atoms with Gasteiger partial charge in [-0.1, -0.05) is 119 Å². The monoisotopic (exact) mass is 767 g/mol. The Morgan fingerprint density at radius 2 is 1.47 bits per heavy atom. The van der Waals surface area contributed by atoms with Crippen LogP contribution in [0, 0.1) is 44.3 Å². The van der Waals surface area contributed by atoms with Crippen LogP contribution in [0.5, 0.6) is 0 Å². The number of hydrogen-bond donors (Lipinski definition) is 2. The van der Waals surface area contributed by atoms with E-state index in [0.717, 1.165) is 47.6 Å². The van der Waals surface area contributed by atoms with Gasteiger partial charge in [-0.2, -0.15) is 0 Å². The third-order valence-corrected chi connectivity index (χ3v) is 18.4. The molecule has 7 aliphatic carbocycles. The number of Topliss-reactive ketones (excluding diaryl/α,β-unsaturated/α-hetero) is 1. The highest BCUT2D eigenvalue weighted by molar-refractivity contribution is 6.10. The predicted molar refractivity (Wildman–Crippen MR) is 219 cm³/mol. The van der Waals surface area contributed by atoms with Crippen molar-refractivity contribution in [2.45, 2.75) is 116 Å². The fourth-order valence-corrected chi connectivity index (χ4v) is 14.5. The molecule has 1 aliphatic heterocycles. The van der Waals surface area contributed by atoms with Crippen LogP contribution in [0.4, 0.5) is 0 Å². The lowest BCUT2D eigenvalue weighted by Crippen LogP contribution is -2.67.